The van der Waals surface area contributed by atoms with Gasteiger partial charge in [0.05, 0.1) is 12.1 Å². The van der Waals surface area contributed by atoms with Crippen molar-refractivity contribution < 1.29 is 9.59 Å². The Morgan fingerprint density at radius 3 is 2.82 bits per heavy atom. The first kappa shape index (κ1) is 14.3. The summed E-state index contributed by atoms with van der Waals surface area (Å²) < 4.78 is 1.69. The minimum absolute atomic E-state index is 0.0199. The molecule has 0 unspecified atom stereocenters. The normalized spacial score (nSPS) is 13.8. The van der Waals surface area contributed by atoms with Gasteiger partial charge in [-0.3, -0.25) is 14.3 Å². The molecular formula is C16H18N4O2. The molecule has 0 atom stereocenters. The number of benzene rings is 1. The lowest BCUT2D eigenvalue weighted by molar-refractivity contribution is -0.118. The second-order valence-corrected chi connectivity index (χ2v) is 5.51. The van der Waals surface area contributed by atoms with Crippen molar-refractivity contribution in [3.8, 4) is 0 Å². The van der Waals surface area contributed by atoms with Crippen LogP contribution >= 0.6 is 0 Å². The maximum Gasteiger partial charge on any atom is 0.248 e. The predicted octanol–water partition coefficient (Wildman–Crippen LogP) is 1.04. The Kier molecular flexibility index (Phi) is 3.66. The van der Waals surface area contributed by atoms with E-state index in [1.165, 1.54) is 0 Å². The van der Waals surface area contributed by atoms with Crippen molar-refractivity contribution in [2.45, 2.75) is 19.3 Å². The van der Waals surface area contributed by atoms with Gasteiger partial charge >= 0.3 is 0 Å². The summed E-state index contributed by atoms with van der Waals surface area (Å²) in [5, 5.41) is 4.25. The highest BCUT2D eigenvalue weighted by atomic mass is 16.2. The van der Waals surface area contributed by atoms with Crippen molar-refractivity contribution in [1.29, 1.82) is 0 Å². The molecule has 6 heteroatoms. The van der Waals surface area contributed by atoms with Gasteiger partial charge in [-0.15, -0.1) is 0 Å². The topological polar surface area (TPSA) is 81.2 Å². The number of nitrogens with zero attached hydrogens (tertiary/aromatic N) is 3. The minimum Gasteiger partial charge on any atom is -0.366 e. The second kappa shape index (κ2) is 5.63. The molecule has 0 aliphatic carbocycles. The van der Waals surface area contributed by atoms with Gasteiger partial charge in [0, 0.05) is 31.0 Å². The molecule has 6 nitrogen and oxygen atoms in total. The van der Waals surface area contributed by atoms with E-state index in [1.807, 2.05) is 25.4 Å². The fourth-order valence-electron chi connectivity index (χ4n) is 2.82. The summed E-state index contributed by atoms with van der Waals surface area (Å²) in [6.45, 7) is 0.689. The number of aromatic nitrogens is 2. The number of fused-ring (bicyclic) bond motifs is 1. The van der Waals surface area contributed by atoms with Gasteiger partial charge in [-0.05, 0) is 42.7 Å². The van der Waals surface area contributed by atoms with Crippen LogP contribution in [0.25, 0.3) is 0 Å². The van der Waals surface area contributed by atoms with Gasteiger partial charge < -0.3 is 10.6 Å². The van der Waals surface area contributed by atoms with E-state index < -0.39 is 5.91 Å². The molecule has 3 rings (SSSR count). The molecule has 1 aromatic carbocycles. The van der Waals surface area contributed by atoms with E-state index in [4.69, 9.17) is 5.73 Å². The Morgan fingerprint density at radius 2 is 2.14 bits per heavy atom. The SMILES string of the molecule is Cn1ccc(CC(=O)N2CCCc3cc(C(N)=O)ccc32)n1. The van der Waals surface area contributed by atoms with Crippen LogP contribution in [0.15, 0.2) is 30.5 Å². The van der Waals surface area contributed by atoms with Crippen LogP contribution in [-0.4, -0.2) is 28.1 Å². The maximum atomic E-state index is 12.5. The number of aryl methyl sites for hydroxylation is 2. The summed E-state index contributed by atoms with van der Waals surface area (Å²) in [5.74, 6) is -0.425. The number of hydrogen-bond donors (Lipinski definition) is 1. The van der Waals surface area contributed by atoms with Gasteiger partial charge in [0.25, 0.3) is 0 Å². The lowest BCUT2D eigenvalue weighted by atomic mass is 9.98. The monoisotopic (exact) mass is 298 g/mol. The lowest BCUT2D eigenvalue weighted by Gasteiger charge is -2.29. The highest BCUT2D eigenvalue weighted by Gasteiger charge is 2.23. The highest BCUT2D eigenvalue weighted by Crippen LogP contribution is 2.28. The second-order valence-electron chi connectivity index (χ2n) is 5.51. The molecule has 0 bridgehead atoms. The molecule has 1 aliphatic rings. The molecule has 1 aliphatic heterocycles. The van der Waals surface area contributed by atoms with E-state index in [-0.39, 0.29) is 12.3 Å². The van der Waals surface area contributed by atoms with Crippen LogP contribution in [0.2, 0.25) is 0 Å². The fourth-order valence-corrected chi connectivity index (χ4v) is 2.82. The summed E-state index contributed by atoms with van der Waals surface area (Å²) in [6.07, 6.45) is 3.83. The van der Waals surface area contributed by atoms with Crippen LogP contribution in [0, 0.1) is 0 Å². The number of anilines is 1. The zero-order valence-electron chi connectivity index (χ0n) is 12.5. The van der Waals surface area contributed by atoms with Crippen molar-refractivity contribution >= 4 is 17.5 Å². The minimum atomic E-state index is -0.445. The Hall–Kier alpha value is -2.63. The quantitative estimate of drug-likeness (QED) is 0.919. The van der Waals surface area contributed by atoms with Gasteiger partial charge in [0.15, 0.2) is 0 Å². The third kappa shape index (κ3) is 2.72. The summed E-state index contributed by atoms with van der Waals surface area (Å²) >= 11 is 0. The summed E-state index contributed by atoms with van der Waals surface area (Å²) in [7, 11) is 1.83. The Balaban J connectivity index is 1.84. The molecule has 0 radical (unpaired) electrons. The maximum absolute atomic E-state index is 12.5. The Morgan fingerprint density at radius 1 is 1.32 bits per heavy atom. The first-order chi connectivity index (χ1) is 10.5. The Bertz CT molecular complexity index is 735. The van der Waals surface area contributed by atoms with Crippen LogP contribution in [0.5, 0.6) is 0 Å². The average molecular weight is 298 g/mol. The summed E-state index contributed by atoms with van der Waals surface area (Å²) in [6, 6.07) is 7.12. The van der Waals surface area contributed by atoms with Crippen molar-refractivity contribution in [3.05, 3.63) is 47.3 Å². The molecule has 0 saturated heterocycles. The van der Waals surface area contributed by atoms with Crippen molar-refractivity contribution in [3.63, 3.8) is 0 Å². The number of nitrogens with two attached hydrogens (primary N) is 1. The molecule has 2 heterocycles. The largest absolute Gasteiger partial charge is 0.366 e. The summed E-state index contributed by atoms with van der Waals surface area (Å²) in [5.41, 5.74) is 8.43. The van der Waals surface area contributed by atoms with E-state index in [2.05, 4.69) is 5.10 Å². The fraction of sp³-hybridized carbons (Fsp3) is 0.312. The van der Waals surface area contributed by atoms with Crippen LogP contribution in [-0.2, 0) is 24.7 Å². The first-order valence-corrected chi connectivity index (χ1v) is 7.26. The molecule has 1 aromatic heterocycles. The van der Waals surface area contributed by atoms with Crippen LogP contribution in [0.1, 0.15) is 28.0 Å². The number of rotatable bonds is 3. The molecular weight excluding hydrogens is 280 g/mol. The van der Waals surface area contributed by atoms with Crippen molar-refractivity contribution in [2.75, 3.05) is 11.4 Å². The van der Waals surface area contributed by atoms with E-state index >= 15 is 0 Å². The smallest absolute Gasteiger partial charge is 0.248 e. The van der Waals surface area contributed by atoms with Gasteiger partial charge in [-0.2, -0.15) is 5.10 Å². The number of carbonyl (C=O) groups is 2. The first-order valence-electron chi connectivity index (χ1n) is 7.26. The van der Waals surface area contributed by atoms with Crippen LogP contribution in [0.4, 0.5) is 5.69 Å². The predicted molar refractivity (Wildman–Crippen MR) is 82.5 cm³/mol. The molecule has 2 amide bonds. The molecule has 22 heavy (non-hydrogen) atoms. The molecule has 0 spiro atoms. The third-order valence-electron chi connectivity index (χ3n) is 3.88. The van der Waals surface area contributed by atoms with E-state index in [9.17, 15) is 9.59 Å². The summed E-state index contributed by atoms with van der Waals surface area (Å²) in [4.78, 5) is 25.6. The van der Waals surface area contributed by atoms with E-state index in [1.54, 1.807) is 21.7 Å². The Labute approximate surface area is 128 Å². The van der Waals surface area contributed by atoms with Gasteiger partial charge in [-0.25, -0.2) is 0 Å². The van der Waals surface area contributed by atoms with Crippen molar-refractivity contribution in [2.24, 2.45) is 12.8 Å². The van der Waals surface area contributed by atoms with Gasteiger partial charge in [0.1, 0.15) is 0 Å². The molecule has 2 N–H and O–H groups in total. The number of amides is 2. The van der Waals surface area contributed by atoms with Crippen LogP contribution < -0.4 is 10.6 Å². The van der Waals surface area contributed by atoms with E-state index in [0.29, 0.717) is 12.1 Å². The molecule has 0 fully saturated rings. The number of carbonyl (C=O) groups excluding carboxylic acids is 2. The standard InChI is InChI=1S/C16H18N4O2/c1-19-8-6-13(18-19)10-15(21)20-7-2-3-11-9-12(16(17)22)4-5-14(11)20/h4-6,8-9H,2-3,7,10H2,1H3,(H2,17,22). The highest BCUT2D eigenvalue weighted by molar-refractivity contribution is 5.98. The lowest BCUT2D eigenvalue weighted by Crippen LogP contribution is -2.36. The molecule has 2 aromatic rings. The average Bonchev–Trinajstić information content (AvgIpc) is 2.91. The van der Waals surface area contributed by atoms with Crippen LogP contribution in [0.3, 0.4) is 0 Å². The number of hydrogen-bond acceptors (Lipinski definition) is 3. The van der Waals surface area contributed by atoms with E-state index in [0.717, 1.165) is 29.8 Å². The van der Waals surface area contributed by atoms with Gasteiger partial charge in [-0.1, -0.05) is 0 Å². The van der Waals surface area contributed by atoms with Crippen molar-refractivity contribution in [1.82, 2.24) is 9.78 Å². The third-order valence-corrected chi connectivity index (χ3v) is 3.88. The zero-order chi connectivity index (χ0) is 15.7. The van der Waals surface area contributed by atoms with Gasteiger partial charge in [0.2, 0.25) is 11.8 Å². The zero-order valence-corrected chi connectivity index (χ0v) is 12.5. The molecule has 114 valence electrons. The number of primary amides is 1. The molecule has 0 saturated carbocycles.